The molecule has 0 aliphatic carbocycles. The number of hydrogen-bond donors (Lipinski definition) is 1. The van der Waals surface area contributed by atoms with E-state index in [9.17, 15) is 4.79 Å². The number of nitrogens with one attached hydrogen (secondary N) is 1. The molecule has 0 bridgehead atoms. The lowest BCUT2D eigenvalue weighted by molar-refractivity contribution is 0.0590. The van der Waals surface area contributed by atoms with E-state index in [1.165, 1.54) is 0 Å². The fraction of sp³-hybridized carbons (Fsp3) is 0.333. The topological polar surface area (TPSA) is 63.3 Å². The Balaban J connectivity index is 0.00000182. The van der Waals surface area contributed by atoms with Gasteiger partial charge in [-0.1, -0.05) is 18.2 Å². The Hall–Kier alpha value is -2.31. The second-order valence-corrected chi connectivity index (χ2v) is 6.22. The first kappa shape index (κ1) is 17.5. The zero-order valence-corrected chi connectivity index (χ0v) is 15.0. The van der Waals surface area contributed by atoms with Gasteiger partial charge in [0.15, 0.2) is 5.76 Å². The molecule has 3 aromatic rings. The van der Waals surface area contributed by atoms with Gasteiger partial charge >= 0.3 is 0 Å². The van der Waals surface area contributed by atoms with E-state index in [-0.39, 0.29) is 24.4 Å². The Kier molecular flexibility index (Phi) is 4.83. The zero-order valence-electron chi connectivity index (χ0n) is 14.2. The van der Waals surface area contributed by atoms with Crippen LogP contribution in [0.1, 0.15) is 28.0 Å². The molecule has 7 heteroatoms. The predicted molar refractivity (Wildman–Crippen MR) is 98.1 cm³/mol. The quantitative estimate of drug-likeness (QED) is 0.763. The van der Waals surface area contributed by atoms with Crippen molar-refractivity contribution in [3.05, 3.63) is 53.8 Å². The molecule has 1 N–H and O–H groups in total. The number of fused-ring (bicyclic) bond motifs is 1. The highest BCUT2D eigenvalue weighted by atomic mass is 35.5. The number of amides is 1. The second kappa shape index (κ2) is 6.90. The van der Waals surface area contributed by atoms with Crippen LogP contribution in [-0.2, 0) is 7.05 Å². The number of carbonyl (C=O) groups excluding carboxylic acids is 1. The normalized spacial score (nSPS) is 17.5. The Morgan fingerprint density at radius 1 is 1.40 bits per heavy atom. The first-order valence-corrected chi connectivity index (χ1v) is 8.13. The minimum atomic E-state index is -0.0967. The molecule has 1 unspecified atom stereocenters. The average molecular weight is 361 g/mol. The van der Waals surface area contributed by atoms with Crippen molar-refractivity contribution in [2.75, 3.05) is 19.6 Å². The summed E-state index contributed by atoms with van der Waals surface area (Å²) in [6.45, 7) is 4.08. The Labute approximate surface area is 152 Å². The maximum Gasteiger partial charge on any atom is 0.290 e. The van der Waals surface area contributed by atoms with Crippen molar-refractivity contribution >= 4 is 29.3 Å². The van der Waals surface area contributed by atoms with Gasteiger partial charge in [-0.3, -0.25) is 4.79 Å². The predicted octanol–water partition coefficient (Wildman–Crippen LogP) is 2.68. The number of para-hydroxylation sites is 1. The average Bonchev–Trinajstić information content (AvgIpc) is 3.21. The number of hydrogen-bond acceptors (Lipinski definition) is 4. The fourth-order valence-electron chi connectivity index (χ4n) is 3.33. The van der Waals surface area contributed by atoms with Gasteiger partial charge in [0.25, 0.3) is 5.91 Å². The van der Waals surface area contributed by atoms with Gasteiger partial charge in [-0.25, -0.2) is 4.98 Å². The molecule has 6 nitrogen and oxygen atoms in total. The van der Waals surface area contributed by atoms with E-state index in [1.807, 2.05) is 53.9 Å². The maximum atomic E-state index is 13.1. The number of benzene rings is 1. The van der Waals surface area contributed by atoms with E-state index in [1.54, 1.807) is 6.20 Å². The molecular formula is C18H21ClN4O2. The SMILES string of the molecule is Cc1cccc2cc(C(=O)N3CCNCC3c3nccn3C)oc12.Cl. The highest BCUT2D eigenvalue weighted by Gasteiger charge is 2.32. The molecule has 1 aromatic carbocycles. The third-order valence-electron chi connectivity index (χ3n) is 4.61. The summed E-state index contributed by atoms with van der Waals surface area (Å²) in [4.78, 5) is 19.3. The van der Waals surface area contributed by atoms with Crippen LogP contribution in [0.5, 0.6) is 0 Å². The lowest BCUT2D eigenvalue weighted by Crippen LogP contribution is -2.49. The summed E-state index contributed by atoms with van der Waals surface area (Å²) in [7, 11) is 1.95. The van der Waals surface area contributed by atoms with Crippen molar-refractivity contribution in [2.45, 2.75) is 13.0 Å². The van der Waals surface area contributed by atoms with Crippen molar-refractivity contribution in [3.63, 3.8) is 0 Å². The molecule has 1 aliphatic rings. The third kappa shape index (κ3) is 3.03. The first-order chi connectivity index (χ1) is 11.6. The van der Waals surface area contributed by atoms with E-state index in [0.717, 1.165) is 28.9 Å². The molecule has 2 aromatic heterocycles. The zero-order chi connectivity index (χ0) is 16.7. The van der Waals surface area contributed by atoms with Crippen LogP contribution < -0.4 is 5.32 Å². The van der Waals surface area contributed by atoms with Crippen LogP contribution in [0.25, 0.3) is 11.0 Å². The van der Waals surface area contributed by atoms with Crippen molar-refractivity contribution < 1.29 is 9.21 Å². The van der Waals surface area contributed by atoms with Crippen LogP contribution in [0.4, 0.5) is 0 Å². The molecule has 1 atom stereocenters. The number of halogens is 1. The molecule has 1 fully saturated rings. The van der Waals surface area contributed by atoms with Gasteiger partial charge in [0.1, 0.15) is 17.4 Å². The smallest absolute Gasteiger partial charge is 0.290 e. The Bertz CT molecular complexity index is 902. The highest BCUT2D eigenvalue weighted by Crippen LogP contribution is 2.27. The summed E-state index contributed by atoms with van der Waals surface area (Å²) >= 11 is 0. The maximum absolute atomic E-state index is 13.1. The number of rotatable bonds is 2. The van der Waals surface area contributed by atoms with Crippen LogP contribution in [0.2, 0.25) is 0 Å². The van der Waals surface area contributed by atoms with Crippen LogP contribution in [0, 0.1) is 6.92 Å². The molecule has 1 aliphatic heterocycles. The monoisotopic (exact) mass is 360 g/mol. The number of aryl methyl sites for hydroxylation is 2. The molecule has 1 amide bonds. The molecule has 25 heavy (non-hydrogen) atoms. The van der Waals surface area contributed by atoms with Crippen molar-refractivity contribution in [2.24, 2.45) is 7.05 Å². The third-order valence-corrected chi connectivity index (χ3v) is 4.61. The van der Waals surface area contributed by atoms with Gasteiger partial charge in [0, 0.05) is 44.5 Å². The van der Waals surface area contributed by atoms with Gasteiger partial charge in [-0.05, 0) is 18.6 Å². The number of piperazine rings is 1. The van der Waals surface area contributed by atoms with Crippen LogP contribution in [-0.4, -0.2) is 40.0 Å². The highest BCUT2D eigenvalue weighted by molar-refractivity contribution is 5.97. The summed E-state index contributed by atoms with van der Waals surface area (Å²) in [5.41, 5.74) is 1.82. The number of nitrogens with zero attached hydrogens (tertiary/aromatic N) is 3. The summed E-state index contributed by atoms with van der Waals surface area (Å²) in [6, 6.07) is 7.67. The molecular weight excluding hydrogens is 340 g/mol. The molecule has 0 spiro atoms. The van der Waals surface area contributed by atoms with E-state index in [0.29, 0.717) is 18.8 Å². The summed E-state index contributed by atoms with van der Waals surface area (Å²) in [5.74, 6) is 1.18. The number of furan rings is 1. The van der Waals surface area contributed by atoms with Gasteiger partial charge in [0.2, 0.25) is 0 Å². The van der Waals surface area contributed by atoms with Crippen molar-refractivity contribution in [3.8, 4) is 0 Å². The molecule has 1 saturated heterocycles. The van der Waals surface area contributed by atoms with Gasteiger partial charge in [0.05, 0.1) is 0 Å². The van der Waals surface area contributed by atoms with Crippen molar-refractivity contribution in [1.82, 2.24) is 19.8 Å². The Morgan fingerprint density at radius 2 is 2.24 bits per heavy atom. The first-order valence-electron chi connectivity index (χ1n) is 8.13. The van der Waals surface area contributed by atoms with Crippen LogP contribution >= 0.6 is 12.4 Å². The van der Waals surface area contributed by atoms with E-state index in [2.05, 4.69) is 10.3 Å². The fourth-order valence-corrected chi connectivity index (χ4v) is 3.33. The minimum absolute atomic E-state index is 0. The lowest BCUT2D eigenvalue weighted by Gasteiger charge is -2.35. The number of imidazole rings is 1. The largest absolute Gasteiger partial charge is 0.451 e. The minimum Gasteiger partial charge on any atom is -0.451 e. The van der Waals surface area contributed by atoms with E-state index < -0.39 is 0 Å². The van der Waals surface area contributed by atoms with Gasteiger partial charge < -0.3 is 19.2 Å². The second-order valence-electron chi connectivity index (χ2n) is 6.22. The van der Waals surface area contributed by atoms with E-state index in [4.69, 9.17) is 4.42 Å². The van der Waals surface area contributed by atoms with E-state index >= 15 is 0 Å². The molecule has 132 valence electrons. The van der Waals surface area contributed by atoms with Crippen LogP contribution in [0.3, 0.4) is 0 Å². The molecule has 4 rings (SSSR count). The van der Waals surface area contributed by atoms with Gasteiger partial charge in [-0.2, -0.15) is 0 Å². The van der Waals surface area contributed by atoms with Gasteiger partial charge in [-0.15, -0.1) is 12.4 Å². The summed E-state index contributed by atoms with van der Waals surface area (Å²) in [6.07, 6.45) is 3.66. The standard InChI is InChI=1S/C18H20N4O2.ClH/c1-12-4-3-5-13-10-15(24-16(12)13)18(23)22-9-6-19-11-14(22)17-20-7-8-21(17)2;/h3-5,7-8,10,14,19H,6,9,11H2,1-2H3;1H. The van der Waals surface area contributed by atoms with Crippen LogP contribution in [0.15, 0.2) is 41.1 Å². The number of aromatic nitrogens is 2. The van der Waals surface area contributed by atoms with Crippen molar-refractivity contribution in [1.29, 1.82) is 0 Å². The lowest BCUT2D eigenvalue weighted by atomic mass is 10.1. The Morgan fingerprint density at radius 3 is 2.96 bits per heavy atom. The molecule has 0 radical (unpaired) electrons. The number of carbonyl (C=O) groups is 1. The molecule has 0 saturated carbocycles. The molecule has 3 heterocycles. The summed E-state index contributed by atoms with van der Waals surface area (Å²) in [5, 5.41) is 4.30. The summed E-state index contributed by atoms with van der Waals surface area (Å²) < 4.78 is 7.83.